The first-order valence-corrected chi connectivity index (χ1v) is 9.64. The van der Waals surface area contributed by atoms with E-state index in [2.05, 4.69) is 5.32 Å². The normalized spacial score (nSPS) is 15.4. The second-order valence-electron chi connectivity index (χ2n) is 6.04. The van der Waals surface area contributed by atoms with Crippen molar-refractivity contribution in [1.82, 2.24) is 10.2 Å². The van der Waals surface area contributed by atoms with Crippen LogP contribution in [0, 0.1) is 5.82 Å². The minimum Gasteiger partial charge on any atom is -0.354 e. The number of imide groups is 1. The van der Waals surface area contributed by atoms with Crippen LogP contribution in [0.3, 0.4) is 0 Å². The quantitative estimate of drug-likeness (QED) is 0.723. The summed E-state index contributed by atoms with van der Waals surface area (Å²) in [5, 5.41) is 2.84. The van der Waals surface area contributed by atoms with Crippen LogP contribution < -0.4 is 5.32 Å². The van der Waals surface area contributed by atoms with Gasteiger partial charge >= 0.3 is 0 Å². The number of carbonyl (C=O) groups is 3. The Labute approximate surface area is 170 Å². The summed E-state index contributed by atoms with van der Waals surface area (Å²) in [5.74, 6) is -1.12. The predicted molar refractivity (Wildman–Crippen MR) is 107 cm³/mol. The number of hydrogen-bond donors (Lipinski definition) is 1. The zero-order valence-corrected chi connectivity index (χ0v) is 16.2. The van der Waals surface area contributed by atoms with Crippen LogP contribution in [0.2, 0.25) is 5.02 Å². The first kappa shape index (κ1) is 20.1. The molecule has 1 N–H and O–H groups in total. The van der Waals surface area contributed by atoms with E-state index in [9.17, 15) is 18.8 Å². The van der Waals surface area contributed by atoms with Crippen LogP contribution in [-0.4, -0.2) is 35.0 Å². The molecule has 1 aliphatic heterocycles. The van der Waals surface area contributed by atoms with Gasteiger partial charge in [-0.2, -0.15) is 0 Å². The largest absolute Gasteiger partial charge is 0.354 e. The smallest absolute Gasteiger partial charge is 0.293 e. The van der Waals surface area contributed by atoms with Crippen LogP contribution >= 0.6 is 23.4 Å². The van der Waals surface area contributed by atoms with Gasteiger partial charge in [0, 0.05) is 18.1 Å². The summed E-state index contributed by atoms with van der Waals surface area (Å²) in [5.41, 5.74) is 1.31. The van der Waals surface area contributed by atoms with Crippen molar-refractivity contribution in [3.8, 4) is 0 Å². The molecule has 0 atom stereocenters. The van der Waals surface area contributed by atoms with Crippen molar-refractivity contribution < 1.29 is 18.8 Å². The fraction of sp³-hybridized carbons (Fsp3) is 0.150. The lowest BCUT2D eigenvalue weighted by Gasteiger charge is -2.13. The monoisotopic (exact) mass is 418 g/mol. The summed E-state index contributed by atoms with van der Waals surface area (Å²) >= 11 is 6.69. The Morgan fingerprint density at radius 3 is 2.64 bits per heavy atom. The Balaban J connectivity index is 1.53. The molecule has 5 nitrogen and oxygen atoms in total. The first-order chi connectivity index (χ1) is 13.4. The Hall–Kier alpha value is -2.64. The fourth-order valence-electron chi connectivity index (χ4n) is 2.61. The highest BCUT2D eigenvalue weighted by Crippen LogP contribution is 2.32. The highest BCUT2D eigenvalue weighted by molar-refractivity contribution is 8.18. The molecule has 1 aliphatic rings. The number of amides is 3. The van der Waals surface area contributed by atoms with Gasteiger partial charge in [0.1, 0.15) is 5.82 Å². The van der Waals surface area contributed by atoms with Gasteiger partial charge in [-0.05, 0) is 53.2 Å². The fourth-order valence-corrected chi connectivity index (χ4v) is 3.60. The number of nitrogens with zero attached hydrogens (tertiary/aromatic N) is 1. The highest BCUT2D eigenvalue weighted by atomic mass is 35.5. The van der Waals surface area contributed by atoms with Gasteiger partial charge in [-0.15, -0.1) is 0 Å². The van der Waals surface area contributed by atoms with Crippen LogP contribution in [0.5, 0.6) is 0 Å². The van der Waals surface area contributed by atoms with Crippen LogP contribution in [0.4, 0.5) is 9.18 Å². The van der Waals surface area contributed by atoms with E-state index < -0.39 is 11.7 Å². The molecular formula is C20H16ClFN2O3S. The minimum atomic E-state index is -0.407. The molecule has 0 aliphatic carbocycles. The van der Waals surface area contributed by atoms with Crippen molar-refractivity contribution in [2.24, 2.45) is 0 Å². The van der Waals surface area contributed by atoms with Gasteiger partial charge in [0.15, 0.2) is 0 Å². The number of benzene rings is 2. The predicted octanol–water partition coefficient (Wildman–Crippen LogP) is 3.87. The van der Waals surface area contributed by atoms with Gasteiger partial charge in [0.05, 0.1) is 11.3 Å². The number of carbonyl (C=O) groups excluding carboxylic acids is 3. The Bertz CT molecular complexity index is 947. The van der Waals surface area contributed by atoms with Crippen LogP contribution in [0.15, 0.2) is 53.4 Å². The molecule has 8 heteroatoms. The highest BCUT2D eigenvalue weighted by Gasteiger charge is 2.34. The second kappa shape index (κ2) is 9.03. The van der Waals surface area contributed by atoms with Crippen LogP contribution in [0.1, 0.15) is 11.1 Å². The van der Waals surface area contributed by atoms with Gasteiger partial charge in [-0.25, -0.2) is 4.39 Å². The maximum Gasteiger partial charge on any atom is 0.293 e. The van der Waals surface area contributed by atoms with E-state index in [1.807, 2.05) is 0 Å². The summed E-state index contributed by atoms with van der Waals surface area (Å²) < 4.78 is 13.1. The minimum absolute atomic E-state index is 0.0239. The lowest BCUT2D eigenvalue weighted by molar-refractivity contribution is -0.124. The summed E-state index contributed by atoms with van der Waals surface area (Å²) in [6.07, 6.45) is 1.65. The van der Waals surface area contributed by atoms with Gasteiger partial charge in [-0.1, -0.05) is 35.9 Å². The zero-order chi connectivity index (χ0) is 20.1. The van der Waals surface area contributed by atoms with Crippen molar-refractivity contribution in [1.29, 1.82) is 0 Å². The van der Waals surface area contributed by atoms with E-state index in [1.165, 1.54) is 18.2 Å². The third-order valence-electron chi connectivity index (χ3n) is 3.95. The molecule has 3 rings (SSSR count). The number of rotatable bonds is 6. The standard InChI is InChI=1S/C20H16ClFN2O3S/c21-15-6-4-13(5-7-15)11-17-19(26)24(20(27)28-17)9-8-23-18(25)12-14-2-1-3-16(22)10-14/h1-7,10-11H,8-9,12H2,(H,23,25)/b17-11-. The maximum absolute atomic E-state index is 13.1. The van der Waals surface area contributed by atoms with E-state index in [-0.39, 0.29) is 30.7 Å². The molecule has 0 saturated carbocycles. The van der Waals surface area contributed by atoms with Crippen molar-refractivity contribution in [2.45, 2.75) is 6.42 Å². The lowest BCUT2D eigenvalue weighted by Crippen LogP contribution is -2.37. The zero-order valence-electron chi connectivity index (χ0n) is 14.7. The van der Waals surface area contributed by atoms with E-state index >= 15 is 0 Å². The molecule has 1 heterocycles. The van der Waals surface area contributed by atoms with Gasteiger partial charge < -0.3 is 5.32 Å². The summed E-state index contributed by atoms with van der Waals surface area (Å²) in [4.78, 5) is 37.9. The number of thioether (sulfide) groups is 1. The molecule has 0 spiro atoms. The summed E-state index contributed by atoms with van der Waals surface area (Å²) in [6.45, 7) is 0.192. The van der Waals surface area contributed by atoms with Crippen molar-refractivity contribution in [3.63, 3.8) is 0 Å². The first-order valence-electron chi connectivity index (χ1n) is 8.44. The SMILES string of the molecule is O=C(Cc1cccc(F)c1)NCCN1C(=O)S/C(=C\c2ccc(Cl)cc2)C1=O. The molecular weight excluding hydrogens is 403 g/mol. The van der Waals surface area contributed by atoms with Crippen LogP contribution in [-0.2, 0) is 16.0 Å². The third-order valence-corrected chi connectivity index (χ3v) is 5.11. The maximum atomic E-state index is 13.1. The summed E-state index contributed by atoms with van der Waals surface area (Å²) in [6, 6.07) is 12.7. The second-order valence-corrected chi connectivity index (χ2v) is 7.47. The molecule has 2 aromatic carbocycles. The Kier molecular flexibility index (Phi) is 6.49. The van der Waals surface area contributed by atoms with Gasteiger partial charge in [0.2, 0.25) is 5.91 Å². The van der Waals surface area contributed by atoms with E-state index in [0.29, 0.717) is 15.5 Å². The molecule has 1 saturated heterocycles. The third kappa shape index (κ3) is 5.21. The molecule has 3 amide bonds. The number of halogens is 2. The summed E-state index contributed by atoms with van der Waals surface area (Å²) in [7, 11) is 0. The molecule has 0 bridgehead atoms. The molecule has 144 valence electrons. The average Bonchev–Trinajstić information content (AvgIpc) is 2.91. The number of hydrogen-bond acceptors (Lipinski definition) is 4. The molecule has 28 heavy (non-hydrogen) atoms. The molecule has 0 aromatic heterocycles. The van der Waals surface area contributed by atoms with E-state index in [4.69, 9.17) is 11.6 Å². The Morgan fingerprint density at radius 1 is 1.18 bits per heavy atom. The number of nitrogens with one attached hydrogen (secondary N) is 1. The van der Waals surface area contributed by atoms with Crippen molar-refractivity contribution in [2.75, 3.05) is 13.1 Å². The van der Waals surface area contributed by atoms with Crippen molar-refractivity contribution >= 4 is 46.5 Å². The molecule has 0 radical (unpaired) electrons. The molecule has 0 unspecified atom stereocenters. The van der Waals surface area contributed by atoms with Gasteiger partial charge in [-0.3, -0.25) is 19.3 Å². The average molecular weight is 419 g/mol. The lowest BCUT2D eigenvalue weighted by atomic mass is 10.1. The molecule has 2 aromatic rings. The van der Waals surface area contributed by atoms with Crippen LogP contribution in [0.25, 0.3) is 6.08 Å². The van der Waals surface area contributed by atoms with Gasteiger partial charge in [0.25, 0.3) is 11.1 Å². The topological polar surface area (TPSA) is 66.5 Å². The van der Waals surface area contributed by atoms with Crippen molar-refractivity contribution in [3.05, 3.63) is 75.4 Å². The Morgan fingerprint density at radius 2 is 1.93 bits per heavy atom. The molecule has 1 fully saturated rings. The van der Waals surface area contributed by atoms with E-state index in [0.717, 1.165) is 22.2 Å². The van der Waals surface area contributed by atoms with E-state index in [1.54, 1.807) is 36.4 Å².